The van der Waals surface area contributed by atoms with Crippen molar-refractivity contribution in [2.75, 3.05) is 5.32 Å². The minimum atomic E-state index is -0.294. The molecule has 0 aliphatic rings. The first-order valence-electron chi connectivity index (χ1n) is 7.41. The Balaban J connectivity index is 2.35. The van der Waals surface area contributed by atoms with E-state index in [0.29, 0.717) is 5.56 Å². The maximum Gasteiger partial charge on any atom is 0.259 e. The lowest BCUT2D eigenvalue weighted by molar-refractivity contribution is 0.102. The number of hydrogen-bond donors (Lipinski definition) is 2. The summed E-state index contributed by atoms with van der Waals surface area (Å²) < 4.78 is 0. The smallest absolute Gasteiger partial charge is 0.259 e. The highest BCUT2D eigenvalue weighted by molar-refractivity contribution is 6.06. The first-order valence-corrected chi connectivity index (χ1v) is 7.41. The fraction of sp³-hybridized carbons (Fsp3) is 0.316. The number of rotatable bonds is 2. The Morgan fingerprint density at radius 2 is 1.77 bits per heavy atom. The van der Waals surface area contributed by atoms with Crippen molar-refractivity contribution in [1.82, 2.24) is 0 Å². The number of nitrogens with one attached hydrogen (secondary N) is 1. The lowest BCUT2D eigenvalue weighted by atomic mass is 9.86. The molecule has 0 heterocycles. The molecule has 2 N–H and O–H groups in total. The van der Waals surface area contributed by atoms with Crippen LogP contribution in [0.5, 0.6) is 5.75 Å². The third kappa shape index (κ3) is 3.30. The van der Waals surface area contributed by atoms with Crippen molar-refractivity contribution < 1.29 is 9.90 Å². The van der Waals surface area contributed by atoms with E-state index in [0.717, 1.165) is 22.4 Å². The molecule has 116 valence electrons. The second-order valence-electron chi connectivity index (χ2n) is 6.68. The van der Waals surface area contributed by atoms with Crippen molar-refractivity contribution in [2.45, 2.75) is 40.0 Å². The van der Waals surface area contributed by atoms with Crippen molar-refractivity contribution in [1.29, 1.82) is 0 Å². The van der Waals surface area contributed by atoms with Crippen LogP contribution in [0.25, 0.3) is 0 Å². The molecule has 2 aromatic rings. The molecule has 0 saturated heterocycles. The van der Waals surface area contributed by atoms with E-state index < -0.39 is 0 Å². The summed E-state index contributed by atoms with van der Waals surface area (Å²) in [5, 5.41) is 12.9. The van der Waals surface area contributed by atoms with E-state index >= 15 is 0 Å². The molecule has 0 bridgehead atoms. The number of aryl methyl sites for hydroxylation is 1. The van der Waals surface area contributed by atoms with Crippen LogP contribution in [0.1, 0.15) is 47.8 Å². The van der Waals surface area contributed by atoms with Crippen LogP contribution >= 0.6 is 0 Å². The lowest BCUT2D eigenvalue weighted by Crippen LogP contribution is -2.16. The zero-order chi connectivity index (χ0) is 16.5. The molecule has 0 unspecified atom stereocenters. The number of hydrogen-bond acceptors (Lipinski definition) is 2. The van der Waals surface area contributed by atoms with Crippen LogP contribution in [-0.4, -0.2) is 11.0 Å². The van der Waals surface area contributed by atoms with E-state index in [1.165, 1.54) is 0 Å². The van der Waals surface area contributed by atoms with Gasteiger partial charge in [0.1, 0.15) is 5.75 Å². The van der Waals surface area contributed by atoms with Gasteiger partial charge in [-0.3, -0.25) is 4.79 Å². The van der Waals surface area contributed by atoms with Gasteiger partial charge in [0.2, 0.25) is 0 Å². The van der Waals surface area contributed by atoms with Crippen molar-refractivity contribution in [3.8, 4) is 5.75 Å². The van der Waals surface area contributed by atoms with Crippen molar-refractivity contribution in [3.63, 3.8) is 0 Å². The van der Waals surface area contributed by atoms with Gasteiger partial charge in [0.15, 0.2) is 0 Å². The topological polar surface area (TPSA) is 49.3 Å². The molecule has 22 heavy (non-hydrogen) atoms. The summed E-state index contributed by atoms with van der Waals surface area (Å²) in [5.41, 5.74) is 4.14. The van der Waals surface area contributed by atoms with E-state index in [1.54, 1.807) is 12.1 Å². The standard InChI is InChI=1S/C19H23NO2/c1-12-7-6-8-16(13(12)2)20-18(22)15-11-14(19(3,4)5)9-10-17(15)21/h6-11,21H,1-5H3,(H,20,22). The highest BCUT2D eigenvalue weighted by atomic mass is 16.3. The van der Waals surface area contributed by atoms with Gasteiger partial charge in [0.25, 0.3) is 5.91 Å². The molecule has 0 aliphatic heterocycles. The Bertz CT molecular complexity index is 712. The SMILES string of the molecule is Cc1cccc(NC(=O)c2cc(C(C)(C)C)ccc2O)c1C. The minimum Gasteiger partial charge on any atom is -0.507 e. The van der Waals surface area contributed by atoms with Crippen LogP contribution in [-0.2, 0) is 5.41 Å². The molecule has 3 nitrogen and oxygen atoms in total. The minimum absolute atomic E-state index is 0.00388. The summed E-state index contributed by atoms with van der Waals surface area (Å²) in [6.07, 6.45) is 0. The highest BCUT2D eigenvalue weighted by Gasteiger charge is 2.19. The van der Waals surface area contributed by atoms with Crippen molar-refractivity contribution >= 4 is 11.6 Å². The second-order valence-corrected chi connectivity index (χ2v) is 6.68. The molecule has 0 aliphatic carbocycles. The second kappa shape index (κ2) is 5.84. The monoisotopic (exact) mass is 297 g/mol. The molecule has 0 fully saturated rings. The first-order chi connectivity index (χ1) is 10.2. The molecular weight excluding hydrogens is 274 g/mol. The Morgan fingerprint density at radius 3 is 2.41 bits per heavy atom. The number of anilines is 1. The van der Waals surface area contributed by atoms with E-state index in [1.807, 2.05) is 38.1 Å². The predicted octanol–water partition coefficient (Wildman–Crippen LogP) is 4.56. The molecule has 2 rings (SSSR count). The largest absolute Gasteiger partial charge is 0.507 e. The van der Waals surface area contributed by atoms with Crippen LogP contribution in [0.4, 0.5) is 5.69 Å². The van der Waals surface area contributed by atoms with Crippen LogP contribution < -0.4 is 5.32 Å². The first kappa shape index (κ1) is 16.1. The van der Waals surface area contributed by atoms with E-state index in [2.05, 4.69) is 26.1 Å². The van der Waals surface area contributed by atoms with E-state index in [4.69, 9.17) is 0 Å². The molecule has 0 radical (unpaired) electrons. The Morgan fingerprint density at radius 1 is 1.09 bits per heavy atom. The van der Waals surface area contributed by atoms with Gasteiger partial charge in [-0.1, -0.05) is 39.0 Å². The van der Waals surface area contributed by atoms with Gasteiger partial charge in [-0.25, -0.2) is 0 Å². The fourth-order valence-electron chi connectivity index (χ4n) is 2.26. The van der Waals surface area contributed by atoms with Crippen molar-refractivity contribution in [2.24, 2.45) is 0 Å². The number of amides is 1. The number of benzene rings is 2. The zero-order valence-electron chi connectivity index (χ0n) is 13.8. The van der Waals surface area contributed by atoms with Gasteiger partial charge in [0.05, 0.1) is 5.56 Å². The Labute approximate surface area is 132 Å². The van der Waals surface area contributed by atoms with Crippen LogP contribution in [0.15, 0.2) is 36.4 Å². The summed E-state index contributed by atoms with van der Waals surface area (Å²) in [6, 6.07) is 11.0. The average Bonchev–Trinajstić information content (AvgIpc) is 2.43. The van der Waals surface area contributed by atoms with Gasteiger partial charge in [-0.05, 0) is 54.2 Å². The normalized spacial score (nSPS) is 11.3. The quantitative estimate of drug-likeness (QED) is 0.853. The predicted molar refractivity (Wildman–Crippen MR) is 90.7 cm³/mol. The van der Waals surface area contributed by atoms with Crippen LogP contribution in [0.3, 0.4) is 0 Å². The molecule has 2 aromatic carbocycles. The van der Waals surface area contributed by atoms with Gasteiger partial charge in [0, 0.05) is 5.69 Å². The maximum absolute atomic E-state index is 12.5. The van der Waals surface area contributed by atoms with E-state index in [-0.39, 0.29) is 17.1 Å². The van der Waals surface area contributed by atoms with Gasteiger partial charge in [-0.2, -0.15) is 0 Å². The molecule has 0 saturated carbocycles. The molecule has 0 aromatic heterocycles. The lowest BCUT2D eigenvalue weighted by Gasteiger charge is -2.20. The zero-order valence-corrected chi connectivity index (χ0v) is 13.8. The molecular formula is C19H23NO2. The number of phenolic OH excluding ortho intramolecular Hbond substituents is 1. The summed E-state index contributed by atoms with van der Waals surface area (Å²) in [6.45, 7) is 10.2. The molecule has 0 spiro atoms. The Hall–Kier alpha value is -2.29. The maximum atomic E-state index is 12.5. The molecule has 1 amide bonds. The van der Waals surface area contributed by atoms with Crippen molar-refractivity contribution in [3.05, 3.63) is 58.7 Å². The van der Waals surface area contributed by atoms with E-state index in [9.17, 15) is 9.90 Å². The van der Waals surface area contributed by atoms with Gasteiger partial charge in [-0.15, -0.1) is 0 Å². The number of carbonyl (C=O) groups excluding carboxylic acids is 1. The van der Waals surface area contributed by atoms with Crippen LogP contribution in [0.2, 0.25) is 0 Å². The fourth-order valence-corrected chi connectivity index (χ4v) is 2.26. The number of aromatic hydroxyl groups is 1. The van der Waals surface area contributed by atoms with Crippen LogP contribution in [0, 0.1) is 13.8 Å². The third-order valence-electron chi connectivity index (χ3n) is 3.96. The average molecular weight is 297 g/mol. The van der Waals surface area contributed by atoms with Gasteiger partial charge < -0.3 is 10.4 Å². The Kier molecular flexibility index (Phi) is 4.27. The van der Waals surface area contributed by atoms with Gasteiger partial charge >= 0.3 is 0 Å². The summed E-state index contributed by atoms with van der Waals surface area (Å²) in [7, 11) is 0. The summed E-state index contributed by atoms with van der Waals surface area (Å²) >= 11 is 0. The molecule has 3 heteroatoms. The third-order valence-corrected chi connectivity index (χ3v) is 3.96. The molecule has 0 atom stereocenters. The number of carbonyl (C=O) groups is 1. The summed E-state index contributed by atoms with van der Waals surface area (Å²) in [4.78, 5) is 12.5. The number of phenols is 1. The highest BCUT2D eigenvalue weighted by Crippen LogP contribution is 2.28. The summed E-state index contributed by atoms with van der Waals surface area (Å²) in [5.74, 6) is -0.298.